The van der Waals surface area contributed by atoms with Gasteiger partial charge in [0.2, 0.25) is 11.8 Å². The van der Waals surface area contributed by atoms with Crippen molar-refractivity contribution in [1.82, 2.24) is 9.80 Å². The smallest absolute Gasteiger partial charge is 0.236 e. The van der Waals surface area contributed by atoms with Gasteiger partial charge in [-0.15, -0.1) is 0 Å². The van der Waals surface area contributed by atoms with E-state index in [2.05, 4.69) is 6.92 Å². The number of fused-ring (bicyclic) bond motifs is 1. The van der Waals surface area contributed by atoms with Crippen LogP contribution in [0.4, 0.5) is 0 Å². The summed E-state index contributed by atoms with van der Waals surface area (Å²) in [6.45, 7) is 4.67. The fourth-order valence-electron chi connectivity index (χ4n) is 3.49. The minimum atomic E-state index is -0.424. The standard InChI is InChI=1S/C18H25N3O3/c1-2-15-11-20(7-8-24-15)17(22)12-21-10-14-6-4-3-5-13(14)9-16(21)18(19)23/h3-6,15-16H,2,7-12H2,1H3,(H2,19,23)/t15-,16-/m0/s1. The van der Waals surface area contributed by atoms with Gasteiger partial charge in [0.15, 0.2) is 0 Å². The zero-order chi connectivity index (χ0) is 17.1. The minimum absolute atomic E-state index is 0.0439. The number of morpholine rings is 1. The number of benzene rings is 1. The number of nitrogens with zero attached hydrogens (tertiary/aromatic N) is 2. The first kappa shape index (κ1) is 16.9. The van der Waals surface area contributed by atoms with Gasteiger partial charge in [-0.3, -0.25) is 14.5 Å². The number of hydrogen-bond donors (Lipinski definition) is 1. The second-order valence-electron chi connectivity index (χ2n) is 6.54. The summed E-state index contributed by atoms with van der Waals surface area (Å²) in [5.74, 6) is -0.326. The monoisotopic (exact) mass is 331 g/mol. The third-order valence-electron chi connectivity index (χ3n) is 4.96. The molecule has 0 aromatic heterocycles. The molecule has 1 aromatic rings. The van der Waals surface area contributed by atoms with Crippen LogP contribution in [0.15, 0.2) is 24.3 Å². The Hall–Kier alpha value is -1.92. The molecule has 3 rings (SSSR count). The number of nitrogens with two attached hydrogens (primary N) is 1. The molecule has 130 valence electrons. The summed E-state index contributed by atoms with van der Waals surface area (Å²) in [6.07, 6.45) is 1.57. The van der Waals surface area contributed by atoms with Gasteiger partial charge in [0.1, 0.15) is 0 Å². The number of amides is 2. The van der Waals surface area contributed by atoms with Gasteiger partial charge in [-0.1, -0.05) is 31.2 Å². The van der Waals surface area contributed by atoms with Gasteiger partial charge in [-0.2, -0.15) is 0 Å². The van der Waals surface area contributed by atoms with Crippen molar-refractivity contribution in [3.05, 3.63) is 35.4 Å². The fourth-order valence-corrected chi connectivity index (χ4v) is 3.49. The number of hydrogen-bond acceptors (Lipinski definition) is 4. The average Bonchev–Trinajstić information content (AvgIpc) is 2.61. The molecule has 24 heavy (non-hydrogen) atoms. The summed E-state index contributed by atoms with van der Waals surface area (Å²) in [7, 11) is 0. The summed E-state index contributed by atoms with van der Waals surface area (Å²) in [5.41, 5.74) is 7.89. The lowest BCUT2D eigenvalue weighted by molar-refractivity contribution is -0.141. The summed E-state index contributed by atoms with van der Waals surface area (Å²) < 4.78 is 5.62. The molecule has 0 saturated carbocycles. The second kappa shape index (κ2) is 7.32. The highest BCUT2D eigenvalue weighted by molar-refractivity contribution is 5.83. The second-order valence-corrected chi connectivity index (χ2v) is 6.54. The number of carbonyl (C=O) groups excluding carboxylic acids is 2. The number of primary amides is 1. The third-order valence-corrected chi connectivity index (χ3v) is 4.96. The first-order valence-electron chi connectivity index (χ1n) is 8.58. The highest BCUT2D eigenvalue weighted by Crippen LogP contribution is 2.23. The van der Waals surface area contributed by atoms with Crippen molar-refractivity contribution in [3.63, 3.8) is 0 Å². The van der Waals surface area contributed by atoms with Gasteiger partial charge < -0.3 is 15.4 Å². The highest BCUT2D eigenvalue weighted by atomic mass is 16.5. The van der Waals surface area contributed by atoms with E-state index in [0.29, 0.717) is 32.7 Å². The van der Waals surface area contributed by atoms with Gasteiger partial charge in [-0.05, 0) is 24.0 Å². The maximum atomic E-state index is 12.7. The lowest BCUT2D eigenvalue weighted by Gasteiger charge is -2.37. The van der Waals surface area contributed by atoms with Gasteiger partial charge in [-0.25, -0.2) is 0 Å². The molecule has 0 radical (unpaired) electrons. The molecule has 2 aliphatic heterocycles. The van der Waals surface area contributed by atoms with Crippen LogP contribution in [0.1, 0.15) is 24.5 Å². The van der Waals surface area contributed by atoms with Crippen LogP contribution in [-0.2, 0) is 27.3 Å². The molecule has 2 N–H and O–H groups in total. The van der Waals surface area contributed by atoms with Crippen LogP contribution in [0.3, 0.4) is 0 Å². The Labute approximate surface area is 142 Å². The van der Waals surface area contributed by atoms with Crippen molar-refractivity contribution in [3.8, 4) is 0 Å². The van der Waals surface area contributed by atoms with Gasteiger partial charge in [0.05, 0.1) is 25.3 Å². The van der Waals surface area contributed by atoms with Crippen molar-refractivity contribution >= 4 is 11.8 Å². The quantitative estimate of drug-likeness (QED) is 0.873. The largest absolute Gasteiger partial charge is 0.375 e. The molecule has 6 heteroatoms. The van der Waals surface area contributed by atoms with Crippen LogP contribution in [0.25, 0.3) is 0 Å². The van der Waals surface area contributed by atoms with Crippen molar-refractivity contribution in [1.29, 1.82) is 0 Å². The van der Waals surface area contributed by atoms with E-state index in [1.807, 2.05) is 34.1 Å². The van der Waals surface area contributed by atoms with Gasteiger partial charge in [0, 0.05) is 19.6 Å². The zero-order valence-corrected chi connectivity index (χ0v) is 14.1. The Morgan fingerprint density at radius 2 is 2.04 bits per heavy atom. The number of rotatable bonds is 4. The molecule has 1 saturated heterocycles. The maximum Gasteiger partial charge on any atom is 0.236 e. The Kier molecular flexibility index (Phi) is 5.16. The van der Waals surface area contributed by atoms with Crippen molar-refractivity contribution in [2.45, 2.75) is 38.5 Å². The Morgan fingerprint density at radius 1 is 1.29 bits per heavy atom. The summed E-state index contributed by atoms with van der Waals surface area (Å²) in [6, 6.07) is 7.60. The number of ether oxygens (including phenoxy) is 1. The first-order chi connectivity index (χ1) is 11.6. The zero-order valence-electron chi connectivity index (χ0n) is 14.1. The van der Waals surface area contributed by atoms with E-state index in [4.69, 9.17) is 10.5 Å². The molecule has 2 atom stereocenters. The lowest BCUT2D eigenvalue weighted by Crippen LogP contribution is -2.54. The highest BCUT2D eigenvalue weighted by Gasteiger charge is 2.33. The van der Waals surface area contributed by atoms with Crippen LogP contribution in [0.5, 0.6) is 0 Å². The summed E-state index contributed by atoms with van der Waals surface area (Å²) in [4.78, 5) is 28.3. The van der Waals surface area contributed by atoms with Crippen molar-refractivity contribution in [2.24, 2.45) is 5.73 Å². The Bertz CT molecular complexity index is 619. The predicted molar refractivity (Wildman–Crippen MR) is 90.1 cm³/mol. The molecule has 2 aliphatic rings. The molecular formula is C18H25N3O3. The van der Waals surface area contributed by atoms with Crippen LogP contribution in [-0.4, -0.2) is 60.0 Å². The maximum absolute atomic E-state index is 12.7. The molecule has 0 unspecified atom stereocenters. The first-order valence-corrected chi connectivity index (χ1v) is 8.58. The van der Waals surface area contributed by atoms with Gasteiger partial charge >= 0.3 is 0 Å². The van der Waals surface area contributed by atoms with E-state index in [-0.39, 0.29) is 24.5 Å². The Balaban J connectivity index is 1.70. The third kappa shape index (κ3) is 3.60. The fraction of sp³-hybridized carbons (Fsp3) is 0.556. The lowest BCUT2D eigenvalue weighted by atomic mass is 9.93. The predicted octanol–water partition coefficient (Wildman–Crippen LogP) is 0.536. The molecule has 0 spiro atoms. The van der Waals surface area contributed by atoms with E-state index in [1.54, 1.807) is 0 Å². The molecule has 2 amide bonds. The van der Waals surface area contributed by atoms with E-state index in [9.17, 15) is 9.59 Å². The topological polar surface area (TPSA) is 75.9 Å². The molecule has 2 heterocycles. The molecule has 0 aliphatic carbocycles. The molecule has 1 aromatic carbocycles. The van der Waals surface area contributed by atoms with Crippen LogP contribution in [0.2, 0.25) is 0 Å². The minimum Gasteiger partial charge on any atom is -0.375 e. The molecule has 0 bridgehead atoms. The average molecular weight is 331 g/mol. The van der Waals surface area contributed by atoms with Crippen LogP contribution in [0, 0.1) is 0 Å². The van der Waals surface area contributed by atoms with Crippen molar-refractivity contribution < 1.29 is 14.3 Å². The van der Waals surface area contributed by atoms with E-state index < -0.39 is 6.04 Å². The summed E-state index contributed by atoms with van der Waals surface area (Å²) in [5, 5.41) is 0. The molecular weight excluding hydrogens is 306 g/mol. The van der Waals surface area contributed by atoms with Crippen LogP contribution < -0.4 is 5.73 Å². The van der Waals surface area contributed by atoms with Crippen LogP contribution >= 0.6 is 0 Å². The van der Waals surface area contributed by atoms with Crippen molar-refractivity contribution in [2.75, 3.05) is 26.2 Å². The van der Waals surface area contributed by atoms with E-state index in [0.717, 1.165) is 17.5 Å². The SMILES string of the molecule is CC[C@H]1CN(C(=O)CN2Cc3ccccc3C[C@H]2C(N)=O)CCO1. The number of carbonyl (C=O) groups is 2. The Morgan fingerprint density at radius 3 is 2.75 bits per heavy atom. The molecule has 1 fully saturated rings. The summed E-state index contributed by atoms with van der Waals surface area (Å²) >= 11 is 0. The molecule has 6 nitrogen and oxygen atoms in total. The van der Waals surface area contributed by atoms with Gasteiger partial charge in [0.25, 0.3) is 0 Å². The van der Waals surface area contributed by atoms with E-state index in [1.165, 1.54) is 0 Å². The normalized spacial score (nSPS) is 24.5. The van der Waals surface area contributed by atoms with E-state index >= 15 is 0 Å².